The van der Waals surface area contributed by atoms with Gasteiger partial charge in [0, 0.05) is 25.1 Å². The average molecular weight is 266 g/mol. The van der Waals surface area contributed by atoms with E-state index in [2.05, 4.69) is 10.0 Å². The summed E-state index contributed by atoms with van der Waals surface area (Å²) < 4.78 is 24.5. The maximum absolute atomic E-state index is 11.4. The van der Waals surface area contributed by atoms with Crippen molar-refractivity contribution in [1.29, 1.82) is 0 Å². The minimum Gasteiger partial charge on any atom is -0.396 e. The van der Waals surface area contributed by atoms with Gasteiger partial charge in [-0.25, -0.2) is 13.1 Å². The fourth-order valence-electron chi connectivity index (χ4n) is 1.34. The van der Waals surface area contributed by atoms with Gasteiger partial charge in [-0.1, -0.05) is 0 Å². The lowest BCUT2D eigenvalue weighted by atomic mass is 10.1. The number of hydrogen-bond acceptors (Lipinski definition) is 4. The molecule has 0 spiro atoms. The second-order valence-corrected chi connectivity index (χ2v) is 6.46. The first kappa shape index (κ1) is 16.3. The molecule has 0 saturated carbocycles. The maximum atomic E-state index is 11.4. The minimum absolute atomic E-state index is 0.0778. The number of rotatable bonds is 8. The third-order valence-electron chi connectivity index (χ3n) is 2.00. The van der Waals surface area contributed by atoms with E-state index in [1.165, 1.54) is 0 Å². The number of unbranched alkanes of at least 4 members (excludes halogenated alkanes) is 1. The molecule has 0 saturated heterocycles. The third-order valence-corrected chi connectivity index (χ3v) is 2.92. The molecule has 0 aliphatic heterocycles. The summed E-state index contributed by atoms with van der Waals surface area (Å²) in [5.41, 5.74) is -0.708. The molecule has 3 N–H and O–H groups in total. The fourth-order valence-corrected chi connectivity index (χ4v) is 2.42. The highest BCUT2D eigenvalue weighted by Crippen LogP contribution is 2.02. The number of carbonyl (C=O) groups excluding carboxylic acids is 1. The van der Waals surface area contributed by atoms with Crippen molar-refractivity contribution >= 4 is 15.9 Å². The Bertz CT molecular complexity index is 338. The Labute approximate surface area is 103 Å². The van der Waals surface area contributed by atoms with Gasteiger partial charge in [-0.3, -0.25) is 4.79 Å². The molecule has 0 aromatic carbocycles. The van der Waals surface area contributed by atoms with Crippen molar-refractivity contribution in [1.82, 2.24) is 10.0 Å². The van der Waals surface area contributed by atoms with Crippen LogP contribution in [0.5, 0.6) is 0 Å². The molecule has 17 heavy (non-hydrogen) atoms. The van der Waals surface area contributed by atoms with Crippen molar-refractivity contribution in [3.05, 3.63) is 0 Å². The molecule has 0 unspecified atom stereocenters. The molecule has 1 amide bonds. The van der Waals surface area contributed by atoms with Gasteiger partial charge in [0.2, 0.25) is 15.9 Å². The standard InChI is InChI=1S/C10H22N2O4S/c1-10(2,12-17(3,15)16)8-11-9(14)6-4-5-7-13/h12-13H,4-8H2,1-3H3,(H,11,14). The van der Waals surface area contributed by atoms with E-state index in [4.69, 9.17) is 5.11 Å². The van der Waals surface area contributed by atoms with E-state index in [1.807, 2.05) is 0 Å². The lowest BCUT2D eigenvalue weighted by Crippen LogP contribution is -2.50. The van der Waals surface area contributed by atoms with E-state index in [0.29, 0.717) is 19.3 Å². The number of nitrogens with one attached hydrogen (secondary N) is 2. The normalized spacial score (nSPS) is 12.5. The van der Waals surface area contributed by atoms with Crippen molar-refractivity contribution in [3.63, 3.8) is 0 Å². The van der Waals surface area contributed by atoms with Crippen LogP contribution in [0.4, 0.5) is 0 Å². The van der Waals surface area contributed by atoms with Gasteiger partial charge in [-0.2, -0.15) is 0 Å². The van der Waals surface area contributed by atoms with Crippen molar-refractivity contribution < 1.29 is 18.3 Å². The Hall–Kier alpha value is -0.660. The molecule has 7 heteroatoms. The Morgan fingerprint density at radius 2 is 1.88 bits per heavy atom. The third kappa shape index (κ3) is 10.2. The summed E-state index contributed by atoms with van der Waals surface area (Å²) in [6.45, 7) is 3.70. The van der Waals surface area contributed by atoms with Gasteiger partial charge in [0.25, 0.3) is 0 Å². The van der Waals surface area contributed by atoms with Gasteiger partial charge in [-0.15, -0.1) is 0 Å². The first-order valence-corrected chi connectivity index (χ1v) is 7.42. The number of hydrogen-bond donors (Lipinski definition) is 3. The largest absolute Gasteiger partial charge is 0.396 e. The van der Waals surface area contributed by atoms with Crippen LogP contribution in [0.3, 0.4) is 0 Å². The highest BCUT2D eigenvalue weighted by atomic mass is 32.2. The summed E-state index contributed by atoms with van der Waals surface area (Å²) in [5.74, 6) is -0.137. The van der Waals surface area contributed by atoms with Crippen molar-refractivity contribution in [3.8, 4) is 0 Å². The molecule has 0 aliphatic carbocycles. The first-order chi connectivity index (χ1) is 7.66. The van der Waals surface area contributed by atoms with Crippen LogP contribution in [0, 0.1) is 0 Å². The van der Waals surface area contributed by atoms with Crippen LogP contribution in [-0.2, 0) is 14.8 Å². The maximum Gasteiger partial charge on any atom is 0.220 e. The lowest BCUT2D eigenvalue weighted by molar-refractivity contribution is -0.121. The van der Waals surface area contributed by atoms with Crippen LogP contribution < -0.4 is 10.0 Å². The summed E-state index contributed by atoms with van der Waals surface area (Å²) in [4.78, 5) is 11.4. The van der Waals surface area contributed by atoms with Gasteiger partial charge >= 0.3 is 0 Å². The van der Waals surface area contributed by atoms with E-state index < -0.39 is 15.6 Å². The molecule has 0 aromatic heterocycles. The van der Waals surface area contributed by atoms with Crippen molar-refractivity contribution in [2.75, 3.05) is 19.4 Å². The van der Waals surface area contributed by atoms with Gasteiger partial charge in [0.1, 0.15) is 0 Å². The summed E-state index contributed by atoms with van der Waals surface area (Å²) in [6.07, 6.45) is 2.65. The van der Waals surface area contributed by atoms with E-state index in [1.54, 1.807) is 13.8 Å². The summed E-state index contributed by atoms with van der Waals surface area (Å²) in [6, 6.07) is 0. The van der Waals surface area contributed by atoms with E-state index in [9.17, 15) is 13.2 Å². The minimum atomic E-state index is -3.28. The topological polar surface area (TPSA) is 95.5 Å². The SMILES string of the molecule is CC(C)(CNC(=O)CCCCO)NS(C)(=O)=O. The zero-order chi connectivity index (χ0) is 13.5. The first-order valence-electron chi connectivity index (χ1n) is 5.53. The number of aliphatic hydroxyl groups is 1. The van der Waals surface area contributed by atoms with Crippen LogP contribution in [0.25, 0.3) is 0 Å². The van der Waals surface area contributed by atoms with E-state index in [-0.39, 0.29) is 19.1 Å². The van der Waals surface area contributed by atoms with Crippen LogP contribution >= 0.6 is 0 Å². The number of aliphatic hydroxyl groups excluding tert-OH is 1. The molecular formula is C10H22N2O4S. The number of amides is 1. The molecule has 0 aliphatic rings. The molecule has 0 aromatic rings. The predicted octanol–water partition coefficient (Wildman–Crippen LogP) is -0.407. The Morgan fingerprint density at radius 3 is 2.35 bits per heavy atom. The number of sulfonamides is 1. The quantitative estimate of drug-likeness (QED) is 0.521. The van der Waals surface area contributed by atoms with Gasteiger partial charge < -0.3 is 10.4 Å². The van der Waals surface area contributed by atoms with E-state index in [0.717, 1.165) is 6.26 Å². The second kappa shape index (κ2) is 6.93. The summed E-state index contributed by atoms with van der Waals surface area (Å²) in [7, 11) is -3.28. The Balaban J connectivity index is 3.97. The monoisotopic (exact) mass is 266 g/mol. The van der Waals surface area contributed by atoms with Crippen LogP contribution in [-0.4, -0.2) is 44.4 Å². The molecule has 0 heterocycles. The molecule has 102 valence electrons. The van der Waals surface area contributed by atoms with Gasteiger partial charge in [0.15, 0.2) is 0 Å². The zero-order valence-corrected chi connectivity index (χ0v) is 11.4. The molecule has 0 radical (unpaired) electrons. The summed E-state index contributed by atoms with van der Waals surface area (Å²) in [5, 5.41) is 11.2. The van der Waals surface area contributed by atoms with Gasteiger partial charge in [-0.05, 0) is 26.7 Å². The smallest absolute Gasteiger partial charge is 0.220 e. The predicted molar refractivity (Wildman–Crippen MR) is 66.0 cm³/mol. The molecular weight excluding hydrogens is 244 g/mol. The highest BCUT2D eigenvalue weighted by Gasteiger charge is 2.22. The second-order valence-electron chi connectivity index (χ2n) is 4.72. The van der Waals surface area contributed by atoms with Crippen LogP contribution in [0.2, 0.25) is 0 Å². The highest BCUT2D eigenvalue weighted by molar-refractivity contribution is 7.88. The molecule has 0 bridgehead atoms. The molecule has 0 atom stereocenters. The van der Waals surface area contributed by atoms with Crippen LogP contribution in [0.15, 0.2) is 0 Å². The molecule has 0 fully saturated rings. The van der Waals surface area contributed by atoms with Crippen molar-refractivity contribution in [2.24, 2.45) is 0 Å². The Morgan fingerprint density at radius 1 is 1.29 bits per heavy atom. The van der Waals surface area contributed by atoms with Crippen molar-refractivity contribution in [2.45, 2.75) is 38.6 Å². The molecule has 6 nitrogen and oxygen atoms in total. The average Bonchev–Trinajstić information content (AvgIpc) is 2.12. The number of carbonyl (C=O) groups is 1. The zero-order valence-electron chi connectivity index (χ0n) is 10.6. The fraction of sp³-hybridized carbons (Fsp3) is 0.900. The van der Waals surface area contributed by atoms with Gasteiger partial charge in [0.05, 0.1) is 6.26 Å². The van der Waals surface area contributed by atoms with E-state index >= 15 is 0 Å². The lowest BCUT2D eigenvalue weighted by Gasteiger charge is -2.25. The Kier molecular flexibility index (Phi) is 6.66. The summed E-state index contributed by atoms with van der Waals surface area (Å²) >= 11 is 0. The van der Waals surface area contributed by atoms with Crippen LogP contribution in [0.1, 0.15) is 33.1 Å². The molecule has 0 rings (SSSR count).